The first kappa shape index (κ1) is 34.7. The zero-order valence-electron chi connectivity index (χ0n) is 25.6. The van der Waals surface area contributed by atoms with Crippen molar-refractivity contribution in [3.8, 4) is 0 Å². The van der Waals surface area contributed by atoms with Gasteiger partial charge in [-0.05, 0) is 44.6 Å². The number of Topliss-reactive ketones (excluding diaryl/α,β-unsaturated/α-hetero) is 1. The summed E-state index contributed by atoms with van der Waals surface area (Å²) in [6.07, 6.45) is 4.69. The van der Waals surface area contributed by atoms with Crippen molar-refractivity contribution in [1.82, 2.24) is 10.6 Å². The second kappa shape index (κ2) is 16.2. The fourth-order valence-electron chi connectivity index (χ4n) is 5.03. The van der Waals surface area contributed by atoms with Crippen LogP contribution in [0.4, 0.5) is 4.79 Å². The highest BCUT2D eigenvalue weighted by Crippen LogP contribution is 2.28. The van der Waals surface area contributed by atoms with Crippen LogP contribution in [-0.2, 0) is 28.6 Å². The van der Waals surface area contributed by atoms with E-state index >= 15 is 0 Å². The molecule has 6 atom stereocenters. The third-order valence-electron chi connectivity index (χ3n) is 7.35. The van der Waals surface area contributed by atoms with Crippen molar-refractivity contribution in [3.63, 3.8) is 0 Å². The molecule has 1 aliphatic heterocycles. The Balaban J connectivity index is 2.61. The molecule has 42 heavy (non-hydrogen) atoms. The van der Waals surface area contributed by atoms with Crippen molar-refractivity contribution >= 4 is 23.6 Å². The lowest BCUT2D eigenvalue weighted by atomic mass is 9.85. The van der Waals surface area contributed by atoms with Crippen molar-refractivity contribution in [2.75, 3.05) is 20.8 Å². The maximum atomic E-state index is 13.6. The number of allylic oxidation sites excluding steroid dienone is 4. The van der Waals surface area contributed by atoms with Crippen molar-refractivity contribution in [1.29, 1.82) is 0 Å². The van der Waals surface area contributed by atoms with E-state index < -0.39 is 53.9 Å². The molecule has 0 saturated heterocycles. The Morgan fingerprint density at radius 2 is 1.86 bits per heavy atom. The molecule has 0 spiro atoms. The average Bonchev–Trinajstić information content (AvgIpc) is 2.94. The van der Waals surface area contributed by atoms with Crippen LogP contribution in [-0.4, -0.2) is 73.9 Å². The molecule has 0 saturated carbocycles. The molecule has 2 bridgehead atoms. The number of fused-ring (bicyclic) bond motifs is 2. The lowest BCUT2D eigenvalue weighted by Gasteiger charge is -2.30. The minimum Gasteiger partial charge on any atom is -0.439 e. The molecule has 0 aromatic heterocycles. The van der Waals surface area contributed by atoms with Crippen molar-refractivity contribution < 1.29 is 38.5 Å². The van der Waals surface area contributed by atoms with Crippen molar-refractivity contribution in [2.45, 2.75) is 78.3 Å². The predicted octanol–water partition coefficient (Wildman–Crippen LogP) is 2.76. The van der Waals surface area contributed by atoms with Gasteiger partial charge in [-0.2, -0.15) is 0 Å². The van der Waals surface area contributed by atoms with Crippen LogP contribution >= 0.6 is 0 Å². The molecule has 2 rings (SSSR count). The van der Waals surface area contributed by atoms with Gasteiger partial charge in [0.1, 0.15) is 6.10 Å². The minimum atomic E-state index is -0.995. The fraction of sp³-hybridized carbons (Fsp3) is 0.548. The number of rotatable bonds is 6. The predicted molar refractivity (Wildman–Crippen MR) is 158 cm³/mol. The van der Waals surface area contributed by atoms with Crippen LogP contribution in [0.2, 0.25) is 0 Å². The lowest BCUT2D eigenvalue weighted by molar-refractivity contribution is -0.120. The maximum absolute atomic E-state index is 13.6. The first-order chi connectivity index (χ1) is 19.8. The van der Waals surface area contributed by atoms with Gasteiger partial charge in [0.15, 0.2) is 6.10 Å². The molecule has 1 unspecified atom stereocenters. The van der Waals surface area contributed by atoms with Crippen LogP contribution < -0.4 is 16.4 Å². The molecule has 0 aromatic rings. The Hall–Kier alpha value is -3.54. The van der Waals surface area contributed by atoms with Gasteiger partial charge in [-0.3, -0.25) is 14.4 Å². The van der Waals surface area contributed by atoms with Gasteiger partial charge in [0, 0.05) is 43.9 Å². The Morgan fingerprint density at radius 3 is 2.45 bits per heavy atom. The highest BCUT2D eigenvalue weighted by molar-refractivity contribution is 6.23. The molecule has 232 valence electrons. The van der Waals surface area contributed by atoms with Gasteiger partial charge in [0.05, 0.1) is 23.6 Å². The van der Waals surface area contributed by atoms with Gasteiger partial charge >= 0.3 is 6.09 Å². The summed E-state index contributed by atoms with van der Waals surface area (Å²) < 4.78 is 16.6. The molecule has 1 heterocycles. The molecule has 0 radical (unpaired) electrons. The van der Waals surface area contributed by atoms with Crippen LogP contribution in [0.3, 0.4) is 0 Å². The van der Waals surface area contributed by atoms with E-state index in [1.165, 1.54) is 20.3 Å². The van der Waals surface area contributed by atoms with Gasteiger partial charge in [0.2, 0.25) is 11.6 Å². The normalized spacial score (nSPS) is 31.7. The number of methoxy groups -OCH3 is 2. The first-order valence-electron chi connectivity index (χ1n) is 14.2. The van der Waals surface area contributed by atoms with E-state index in [0.29, 0.717) is 18.5 Å². The molecule has 11 heteroatoms. The molecule has 11 nitrogen and oxygen atoms in total. The lowest BCUT2D eigenvalue weighted by Crippen LogP contribution is -2.38. The largest absolute Gasteiger partial charge is 0.439 e. The summed E-state index contributed by atoms with van der Waals surface area (Å²) >= 11 is 0. The quantitative estimate of drug-likeness (QED) is 0.270. The number of aliphatic hydroxyl groups is 1. The second-order valence-corrected chi connectivity index (χ2v) is 10.9. The molecule has 0 aromatic carbocycles. The highest BCUT2D eigenvalue weighted by Gasteiger charge is 2.33. The minimum absolute atomic E-state index is 0.106. The first-order valence-corrected chi connectivity index (χ1v) is 14.2. The summed E-state index contributed by atoms with van der Waals surface area (Å²) in [7, 11) is 2.94. The van der Waals surface area contributed by atoms with Crippen LogP contribution in [0.5, 0.6) is 0 Å². The molecule has 2 amide bonds. The summed E-state index contributed by atoms with van der Waals surface area (Å²) in [6.45, 7) is 9.47. The number of ketones is 2. The number of nitrogens with two attached hydrogens (primary N) is 1. The number of hydrogen-bond donors (Lipinski definition) is 4. The summed E-state index contributed by atoms with van der Waals surface area (Å²) in [5, 5.41) is 16.9. The van der Waals surface area contributed by atoms with E-state index in [1.807, 2.05) is 20.8 Å². The van der Waals surface area contributed by atoms with Gasteiger partial charge in [-0.25, -0.2) is 4.79 Å². The van der Waals surface area contributed by atoms with E-state index in [4.69, 9.17) is 19.9 Å². The Kier molecular flexibility index (Phi) is 13.4. The molecular weight excluding hydrogens is 542 g/mol. The van der Waals surface area contributed by atoms with Crippen LogP contribution in [0, 0.1) is 11.8 Å². The smallest absolute Gasteiger partial charge is 0.405 e. The number of aliphatic hydroxyl groups excluding tert-OH is 1. The monoisotopic (exact) mass is 587 g/mol. The maximum Gasteiger partial charge on any atom is 0.405 e. The molecule has 2 aliphatic rings. The van der Waals surface area contributed by atoms with E-state index in [0.717, 1.165) is 12.5 Å². The molecule has 1 aliphatic carbocycles. The summed E-state index contributed by atoms with van der Waals surface area (Å²) in [5.74, 6) is -2.01. The van der Waals surface area contributed by atoms with Gasteiger partial charge in [-0.1, -0.05) is 45.1 Å². The number of ether oxygens (including phenoxy) is 3. The van der Waals surface area contributed by atoms with Crippen LogP contribution in [0.1, 0.15) is 53.9 Å². The zero-order chi connectivity index (χ0) is 31.6. The fourth-order valence-corrected chi connectivity index (χ4v) is 5.03. The molecule has 5 N–H and O–H groups in total. The molecule has 0 fully saturated rings. The number of hydrogen-bond acceptors (Lipinski definition) is 9. The van der Waals surface area contributed by atoms with Gasteiger partial charge < -0.3 is 35.7 Å². The average molecular weight is 588 g/mol. The number of primary amides is 1. The standard InChI is InChI=1S/C31H45N3O8/c1-8-12-33-26-21-13-17(2)14-25(41-7)27(36)19(4)15-20(5)29(42-31(32)39)24(40-6)11-9-10-18(3)30(38)34-22(28(21)37)16-23(26)35/h9-11,15-17,19,24-25,27,29,33,36H,8,12-14H2,1-7H3,(H2,32,39)(H,34,38)/b11-9-,18-10+,20-15+/t17?,19-,24+,25-,27+,29-/m0/s1. The second-order valence-electron chi connectivity index (χ2n) is 10.9. The Labute approximate surface area is 247 Å². The Bertz CT molecular complexity index is 1180. The van der Waals surface area contributed by atoms with Crippen molar-refractivity contribution in [2.24, 2.45) is 17.6 Å². The van der Waals surface area contributed by atoms with E-state index in [9.17, 15) is 24.3 Å². The summed E-state index contributed by atoms with van der Waals surface area (Å²) in [6, 6.07) is 0. The van der Waals surface area contributed by atoms with Crippen molar-refractivity contribution in [3.05, 3.63) is 58.5 Å². The number of carbonyl (C=O) groups excluding carboxylic acids is 4. The van der Waals surface area contributed by atoms with Crippen LogP contribution in [0.15, 0.2) is 58.5 Å². The topological polar surface area (TPSA) is 166 Å². The molecular formula is C31H45N3O8. The SMILES string of the molecule is CCCNC1=C2CC(C)C[C@H](OC)[C@H](O)[C@@H](C)/C=C(\C)[C@H](OC(N)=O)[C@H](OC)/C=C\C=C(/C)C(=O)NC(=CC1=O)C2=O. The van der Waals surface area contributed by atoms with E-state index in [-0.39, 0.29) is 34.9 Å². The Morgan fingerprint density at radius 1 is 1.17 bits per heavy atom. The number of amides is 2. The van der Waals surface area contributed by atoms with Gasteiger partial charge in [0.25, 0.3) is 5.91 Å². The highest BCUT2D eigenvalue weighted by atomic mass is 16.6. The van der Waals surface area contributed by atoms with Crippen LogP contribution in [0.25, 0.3) is 0 Å². The van der Waals surface area contributed by atoms with E-state index in [1.54, 1.807) is 32.1 Å². The third kappa shape index (κ3) is 9.23. The zero-order valence-corrected chi connectivity index (χ0v) is 25.6. The van der Waals surface area contributed by atoms with Gasteiger partial charge in [-0.15, -0.1) is 0 Å². The summed E-state index contributed by atoms with van der Waals surface area (Å²) in [4.78, 5) is 51.4. The number of carbonyl (C=O) groups is 4. The number of nitrogens with one attached hydrogen (secondary N) is 2. The summed E-state index contributed by atoms with van der Waals surface area (Å²) in [5.41, 5.74) is 6.59. The van der Waals surface area contributed by atoms with E-state index in [2.05, 4.69) is 10.6 Å². The third-order valence-corrected chi connectivity index (χ3v) is 7.35.